The van der Waals surface area contributed by atoms with Crippen molar-refractivity contribution in [3.05, 3.63) is 29.8 Å². The standard InChI is InChI=1S/C19H25F2N3O/c20-15-3-2-14(8-16(15)21)24-7-4-13(10-24)9-23-17(25)19(12-22)11-18(19)5-1-6-18/h2-3,8,13H,1,4-7,9-12,22H2,(H,23,25). The molecule has 2 atom stereocenters. The molecule has 4 rings (SSSR count). The summed E-state index contributed by atoms with van der Waals surface area (Å²) >= 11 is 0. The molecule has 2 saturated carbocycles. The molecular formula is C19H25F2N3O. The van der Waals surface area contributed by atoms with E-state index in [0.29, 0.717) is 24.7 Å². The fourth-order valence-electron chi connectivity index (χ4n) is 4.82. The third-order valence-electron chi connectivity index (χ3n) is 6.73. The first-order chi connectivity index (χ1) is 12.0. The van der Waals surface area contributed by atoms with E-state index in [0.717, 1.165) is 44.8 Å². The highest BCUT2D eigenvalue weighted by Gasteiger charge is 2.72. The summed E-state index contributed by atoms with van der Waals surface area (Å²) in [6.07, 6.45) is 5.34. The molecule has 136 valence electrons. The average molecular weight is 349 g/mol. The number of carbonyl (C=O) groups excluding carboxylic acids is 1. The topological polar surface area (TPSA) is 58.4 Å². The van der Waals surface area contributed by atoms with Gasteiger partial charge in [0, 0.05) is 37.9 Å². The van der Waals surface area contributed by atoms with E-state index in [1.807, 2.05) is 4.90 Å². The quantitative estimate of drug-likeness (QED) is 0.858. The minimum atomic E-state index is -0.826. The van der Waals surface area contributed by atoms with Gasteiger partial charge in [-0.25, -0.2) is 8.78 Å². The number of hydrogen-bond acceptors (Lipinski definition) is 3. The average Bonchev–Trinajstić information content (AvgIpc) is 3.10. The summed E-state index contributed by atoms with van der Waals surface area (Å²) in [4.78, 5) is 14.7. The molecule has 6 heteroatoms. The molecule has 2 aliphatic carbocycles. The Balaban J connectivity index is 1.31. The largest absolute Gasteiger partial charge is 0.371 e. The van der Waals surface area contributed by atoms with Crippen LogP contribution in [-0.4, -0.2) is 32.1 Å². The third-order valence-corrected chi connectivity index (χ3v) is 6.73. The molecule has 1 aromatic carbocycles. The first-order valence-electron chi connectivity index (χ1n) is 9.18. The highest BCUT2D eigenvalue weighted by molar-refractivity contribution is 5.87. The van der Waals surface area contributed by atoms with Crippen LogP contribution in [0.15, 0.2) is 18.2 Å². The molecule has 0 aromatic heterocycles. The van der Waals surface area contributed by atoms with E-state index in [1.165, 1.54) is 12.5 Å². The van der Waals surface area contributed by atoms with Gasteiger partial charge < -0.3 is 16.0 Å². The molecule has 0 radical (unpaired) electrons. The lowest BCUT2D eigenvalue weighted by Crippen LogP contribution is -2.43. The van der Waals surface area contributed by atoms with Gasteiger partial charge in [0.15, 0.2) is 11.6 Å². The second-order valence-electron chi connectivity index (χ2n) is 8.01. The Morgan fingerprint density at radius 1 is 1.32 bits per heavy atom. The van der Waals surface area contributed by atoms with Crippen molar-refractivity contribution in [3.63, 3.8) is 0 Å². The van der Waals surface area contributed by atoms with Crippen molar-refractivity contribution < 1.29 is 13.6 Å². The summed E-state index contributed by atoms with van der Waals surface area (Å²) in [5.74, 6) is -1.21. The van der Waals surface area contributed by atoms with Gasteiger partial charge in [-0.3, -0.25) is 4.79 Å². The molecule has 4 nitrogen and oxygen atoms in total. The summed E-state index contributed by atoms with van der Waals surface area (Å²) in [5, 5.41) is 3.11. The number of rotatable bonds is 5. The highest BCUT2D eigenvalue weighted by atomic mass is 19.2. The second-order valence-corrected chi connectivity index (χ2v) is 8.01. The van der Waals surface area contributed by atoms with Crippen LogP contribution < -0.4 is 16.0 Å². The monoisotopic (exact) mass is 349 g/mol. The Morgan fingerprint density at radius 3 is 2.72 bits per heavy atom. The van der Waals surface area contributed by atoms with Crippen LogP contribution in [-0.2, 0) is 4.79 Å². The molecule has 1 aromatic rings. The smallest absolute Gasteiger partial charge is 0.228 e. The molecular weight excluding hydrogens is 324 g/mol. The maximum Gasteiger partial charge on any atom is 0.228 e. The molecule has 3 N–H and O–H groups in total. The summed E-state index contributed by atoms with van der Waals surface area (Å²) in [6, 6.07) is 4.01. The first-order valence-corrected chi connectivity index (χ1v) is 9.18. The second kappa shape index (κ2) is 5.94. The molecule has 1 aliphatic heterocycles. The van der Waals surface area contributed by atoms with E-state index in [-0.39, 0.29) is 16.7 Å². The van der Waals surface area contributed by atoms with Crippen molar-refractivity contribution >= 4 is 11.6 Å². The van der Waals surface area contributed by atoms with Gasteiger partial charge in [0.1, 0.15) is 0 Å². The van der Waals surface area contributed by atoms with Crippen LogP contribution >= 0.6 is 0 Å². The van der Waals surface area contributed by atoms with Crippen LogP contribution in [0.25, 0.3) is 0 Å². The van der Waals surface area contributed by atoms with E-state index < -0.39 is 11.6 Å². The van der Waals surface area contributed by atoms with Crippen LogP contribution in [0.1, 0.15) is 32.1 Å². The van der Waals surface area contributed by atoms with Crippen molar-refractivity contribution in [1.82, 2.24) is 5.32 Å². The number of nitrogens with two attached hydrogens (primary N) is 1. The Morgan fingerprint density at radius 2 is 2.12 bits per heavy atom. The van der Waals surface area contributed by atoms with E-state index in [1.54, 1.807) is 6.07 Å². The van der Waals surface area contributed by atoms with Gasteiger partial charge in [-0.2, -0.15) is 0 Å². The summed E-state index contributed by atoms with van der Waals surface area (Å²) < 4.78 is 26.5. The van der Waals surface area contributed by atoms with Crippen molar-refractivity contribution in [2.75, 3.05) is 31.1 Å². The van der Waals surface area contributed by atoms with Crippen LogP contribution in [0.4, 0.5) is 14.5 Å². The predicted octanol–water partition coefficient (Wildman–Crippen LogP) is 2.43. The van der Waals surface area contributed by atoms with Gasteiger partial charge in [-0.15, -0.1) is 0 Å². The Bertz CT molecular complexity index is 691. The Labute approximate surface area is 146 Å². The minimum Gasteiger partial charge on any atom is -0.371 e. The first kappa shape index (κ1) is 16.8. The van der Waals surface area contributed by atoms with Crippen LogP contribution in [0, 0.1) is 28.4 Å². The van der Waals surface area contributed by atoms with Crippen LogP contribution in [0.3, 0.4) is 0 Å². The zero-order valence-corrected chi connectivity index (χ0v) is 14.4. The number of nitrogens with one attached hydrogen (secondary N) is 1. The summed E-state index contributed by atoms with van der Waals surface area (Å²) in [7, 11) is 0. The number of nitrogens with zero attached hydrogens (tertiary/aromatic N) is 1. The molecule has 1 amide bonds. The molecule has 25 heavy (non-hydrogen) atoms. The van der Waals surface area contributed by atoms with Crippen LogP contribution in [0.2, 0.25) is 0 Å². The summed E-state index contributed by atoms with van der Waals surface area (Å²) in [6.45, 7) is 2.59. The maximum atomic E-state index is 13.4. The number of amides is 1. The fourth-order valence-corrected chi connectivity index (χ4v) is 4.82. The molecule has 2 unspecified atom stereocenters. The van der Waals surface area contributed by atoms with Gasteiger partial charge in [0.05, 0.1) is 5.41 Å². The van der Waals surface area contributed by atoms with Gasteiger partial charge in [0.2, 0.25) is 5.91 Å². The van der Waals surface area contributed by atoms with E-state index >= 15 is 0 Å². The zero-order valence-electron chi connectivity index (χ0n) is 14.4. The molecule has 3 fully saturated rings. The Hall–Kier alpha value is -1.69. The van der Waals surface area contributed by atoms with Gasteiger partial charge in [0.25, 0.3) is 0 Å². The van der Waals surface area contributed by atoms with Crippen molar-refractivity contribution in [1.29, 1.82) is 0 Å². The van der Waals surface area contributed by atoms with Crippen LogP contribution in [0.5, 0.6) is 0 Å². The lowest BCUT2D eigenvalue weighted by atomic mass is 9.74. The number of hydrogen-bond donors (Lipinski definition) is 2. The van der Waals surface area contributed by atoms with E-state index in [2.05, 4.69) is 5.32 Å². The lowest BCUT2D eigenvalue weighted by molar-refractivity contribution is -0.128. The van der Waals surface area contributed by atoms with Crippen molar-refractivity contribution in [2.45, 2.75) is 32.1 Å². The lowest BCUT2D eigenvalue weighted by Gasteiger charge is -2.32. The summed E-state index contributed by atoms with van der Waals surface area (Å²) in [5.41, 5.74) is 6.49. The van der Waals surface area contributed by atoms with E-state index in [9.17, 15) is 13.6 Å². The highest BCUT2D eigenvalue weighted by Crippen LogP contribution is 2.73. The maximum absolute atomic E-state index is 13.4. The molecule has 1 saturated heterocycles. The number of benzene rings is 1. The van der Waals surface area contributed by atoms with Crippen molar-refractivity contribution in [2.24, 2.45) is 22.5 Å². The number of halogens is 2. The SMILES string of the molecule is NCC1(C(=O)NCC2CCN(c3ccc(F)c(F)c3)C2)CC12CCC2. The minimum absolute atomic E-state index is 0.112. The van der Waals surface area contributed by atoms with Gasteiger partial charge in [-0.05, 0) is 49.1 Å². The number of carbonyl (C=O) groups is 1. The molecule has 0 bridgehead atoms. The Kier molecular flexibility index (Phi) is 3.98. The predicted molar refractivity (Wildman–Crippen MR) is 92.1 cm³/mol. The molecule has 1 spiro atoms. The number of anilines is 1. The fraction of sp³-hybridized carbons (Fsp3) is 0.632. The van der Waals surface area contributed by atoms with Gasteiger partial charge in [-0.1, -0.05) is 6.42 Å². The van der Waals surface area contributed by atoms with E-state index in [4.69, 9.17) is 5.73 Å². The normalized spacial score (nSPS) is 29.6. The van der Waals surface area contributed by atoms with Crippen molar-refractivity contribution in [3.8, 4) is 0 Å². The van der Waals surface area contributed by atoms with Gasteiger partial charge >= 0.3 is 0 Å². The zero-order chi connectivity index (χ0) is 17.7. The molecule has 3 aliphatic rings. The third kappa shape index (κ3) is 2.62. The molecule has 1 heterocycles.